The molecule has 0 radical (unpaired) electrons. The van der Waals surface area contributed by atoms with Crippen LogP contribution in [0.2, 0.25) is 0 Å². The van der Waals surface area contributed by atoms with Crippen LogP contribution in [0.5, 0.6) is 0 Å². The molecule has 0 bridgehead atoms. The Hall–Kier alpha value is -4.88. The highest BCUT2D eigenvalue weighted by Gasteiger charge is 2.18. The van der Waals surface area contributed by atoms with E-state index in [1.54, 1.807) is 0 Å². The van der Waals surface area contributed by atoms with Gasteiger partial charge in [0.15, 0.2) is 0 Å². The normalized spacial score (nSPS) is 14.4. The lowest BCUT2D eigenvalue weighted by atomic mass is 9.84. The van der Waals surface area contributed by atoms with Crippen LogP contribution < -0.4 is 0 Å². The van der Waals surface area contributed by atoms with Gasteiger partial charge in [-0.2, -0.15) is 0 Å². The standard InChI is InChI=1S/C36H22O/c1-2-12-25-23(10-1)11-9-18-28(25)36-31-16-5-3-14-29(31)35(30-15-4-6-17-32(30)36)24-20-21-27-26-13-7-8-19-33(26)37-34(27)22-24/h1-22H/i7D,8D,13D,19D,20D,21D,22D. The average molecular weight is 478 g/mol. The van der Waals surface area contributed by atoms with Crippen molar-refractivity contribution in [1.29, 1.82) is 0 Å². The van der Waals surface area contributed by atoms with Gasteiger partial charge in [-0.15, -0.1) is 0 Å². The zero-order chi connectivity index (χ0) is 30.4. The van der Waals surface area contributed by atoms with Gasteiger partial charge >= 0.3 is 0 Å². The van der Waals surface area contributed by atoms with Gasteiger partial charge in [-0.1, -0.05) is 115 Å². The minimum Gasteiger partial charge on any atom is -0.456 e. The molecule has 0 spiro atoms. The zero-order valence-electron chi connectivity index (χ0n) is 26.6. The Morgan fingerprint density at radius 3 is 1.81 bits per heavy atom. The summed E-state index contributed by atoms with van der Waals surface area (Å²) in [6, 6.07) is 28.1. The van der Waals surface area contributed by atoms with Gasteiger partial charge in [0.05, 0.1) is 9.60 Å². The highest BCUT2D eigenvalue weighted by Crippen LogP contribution is 2.45. The van der Waals surface area contributed by atoms with E-state index in [4.69, 9.17) is 11.3 Å². The molecule has 1 nitrogen and oxygen atoms in total. The Kier molecular flexibility index (Phi) is 3.09. The number of benzene rings is 7. The van der Waals surface area contributed by atoms with Gasteiger partial charge in [0.25, 0.3) is 0 Å². The van der Waals surface area contributed by atoms with E-state index in [0.29, 0.717) is 5.56 Å². The molecule has 0 saturated heterocycles. The third-order valence-corrected chi connectivity index (χ3v) is 7.13. The molecule has 1 heterocycles. The Bertz CT molecular complexity index is 2470. The first kappa shape index (κ1) is 14.6. The smallest absolute Gasteiger partial charge is 0.136 e. The van der Waals surface area contributed by atoms with E-state index in [-0.39, 0.29) is 57.7 Å². The molecule has 0 aliphatic heterocycles. The van der Waals surface area contributed by atoms with Crippen LogP contribution in [0.3, 0.4) is 0 Å². The molecule has 0 aliphatic rings. The molecule has 172 valence electrons. The fourth-order valence-electron chi connectivity index (χ4n) is 5.55. The molecule has 0 saturated carbocycles. The van der Waals surface area contributed by atoms with Crippen molar-refractivity contribution >= 4 is 54.3 Å². The van der Waals surface area contributed by atoms with Gasteiger partial charge < -0.3 is 4.42 Å². The summed E-state index contributed by atoms with van der Waals surface area (Å²) in [6.07, 6.45) is 0. The van der Waals surface area contributed by atoms with Gasteiger partial charge in [-0.05, 0) is 72.7 Å². The number of furan rings is 1. The Morgan fingerprint density at radius 2 is 1.05 bits per heavy atom. The third kappa shape index (κ3) is 2.98. The van der Waals surface area contributed by atoms with Crippen LogP contribution in [0.4, 0.5) is 0 Å². The van der Waals surface area contributed by atoms with Crippen molar-refractivity contribution in [3.8, 4) is 22.3 Å². The van der Waals surface area contributed by atoms with E-state index >= 15 is 0 Å². The van der Waals surface area contributed by atoms with Gasteiger partial charge in [-0.3, -0.25) is 0 Å². The molecule has 0 N–H and O–H groups in total. The summed E-state index contributed by atoms with van der Waals surface area (Å²) in [4.78, 5) is 0. The number of fused-ring (bicyclic) bond motifs is 6. The van der Waals surface area contributed by atoms with E-state index in [2.05, 4.69) is 24.3 Å². The number of hydrogen-bond acceptors (Lipinski definition) is 1. The lowest BCUT2D eigenvalue weighted by Gasteiger charge is -2.18. The van der Waals surface area contributed by atoms with Crippen molar-refractivity contribution in [2.75, 3.05) is 0 Å². The van der Waals surface area contributed by atoms with E-state index in [9.17, 15) is 2.74 Å². The molecule has 8 rings (SSSR count). The van der Waals surface area contributed by atoms with E-state index in [1.165, 1.54) is 0 Å². The van der Waals surface area contributed by atoms with Gasteiger partial charge in [0, 0.05) is 10.8 Å². The summed E-state index contributed by atoms with van der Waals surface area (Å²) in [5.74, 6) is 0. The molecule has 37 heavy (non-hydrogen) atoms. The molecular formula is C36H22O. The van der Waals surface area contributed by atoms with Crippen molar-refractivity contribution in [2.45, 2.75) is 0 Å². The molecule has 7 aromatic carbocycles. The average Bonchev–Trinajstić information content (AvgIpc) is 3.46. The zero-order valence-corrected chi connectivity index (χ0v) is 19.6. The van der Waals surface area contributed by atoms with Crippen LogP contribution in [0, 0.1) is 0 Å². The Morgan fingerprint density at radius 1 is 0.459 bits per heavy atom. The summed E-state index contributed by atoms with van der Waals surface area (Å²) in [6.45, 7) is 0. The quantitative estimate of drug-likeness (QED) is 0.226. The molecule has 8 aromatic rings. The van der Waals surface area contributed by atoms with Gasteiger partial charge in [0.1, 0.15) is 11.2 Å². The van der Waals surface area contributed by atoms with E-state index < -0.39 is 12.1 Å². The first-order chi connectivity index (χ1) is 21.3. The van der Waals surface area contributed by atoms with Crippen LogP contribution >= 0.6 is 0 Å². The first-order valence-electron chi connectivity index (χ1n) is 15.6. The fourth-order valence-corrected chi connectivity index (χ4v) is 5.55. The lowest BCUT2D eigenvalue weighted by molar-refractivity contribution is 0.669. The molecule has 1 heteroatoms. The van der Waals surface area contributed by atoms with Crippen molar-refractivity contribution in [2.24, 2.45) is 0 Å². The first-order valence-corrected chi connectivity index (χ1v) is 12.1. The van der Waals surface area contributed by atoms with E-state index in [1.807, 2.05) is 66.7 Å². The molecule has 0 amide bonds. The molecule has 0 atom stereocenters. The largest absolute Gasteiger partial charge is 0.456 e. The highest BCUT2D eigenvalue weighted by atomic mass is 16.3. The predicted molar refractivity (Wildman–Crippen MR) is 157 cm³/mol. The maximum atomic E-state index is 9.36. The fraction of sp³-hybridized carbons (Fsp3) is 0. The minimum atomic E-state index is -0.452. The summed E-state index contributed by atoms with van der Waals surface area (Å²) >= 11 is 0. The number of hydrogen-bond donors (Lipinski definition) is 0. The second-order valence-electron chi connectivity index (χ2n) is 9.13. The van der Waals surface area contributed by atoms with Crippen molar-refractivity contribution < 1.29 is 14.0 Å². The minimum absolute atomic E-state index is 0.0190. The van der Waals surface area contributed by atoms with Crippen molar-refractivity contribution in [3.63, 3.8) is 0 Å². The highest BCUT2D eigenvalue weighted by molar-refractivity contribution is 6.24. The molecule has 0 aliphatic carbocycles. The second-order valence-corrected chi connectivity index (χ2v) is 9.13. The Balaban J connectivity index is 1.56. The third-order valence-electron chi connectivity index (χ3n) is 7.13. The predicted octanol–water partition coefficient (Wildman–Crippen LogP) is 10.4. The molecule has 1 aromatic heterocycles. The summed E-state index contributed by atoms with van der Waals surface area (Å²) in [5.41, 5.74) is 2.80. The summed E-state index contributed by atoms with van der Waals surface area (Å²) < 4.78 is 66.8. The number of para-hydroxylation sites is 1. The van der Waals surface area contributed by atoms with Crippen LogP contribution in [0.25, 0.3) is 76.5 Å². The summed E-state index contributed by atoms with van der Waals surface area (Å²) in [7, 11) is 0. The maximum Gasteiger partial charge on any atom is 0.136 e. The molecule has 0 unspecified atom stereocenters. The Labute approximate surface area is 224 Å². The molecular weight excluding hydrogens is 448 g/mol. The topological polar surface area (TPSA) is 13.1 Å². The van der Waals surface area contributed by atoms with Crippen LogP contribution in [0.15, 0.2) is 138 Å². The SMILES string of the molecule is [2H]c1c([2H])c([2H])c2c(oc3c([2H])c(-c4c5ccccc5c(-c5cccc6ccccc56)c5ccccc45)c([2H])c([2H])c32)c1[2H]. The van der Waals surface area contributed by atoms with Crippen molar-refractivity contribution in [3.05, 3.63) is 133 Å². The van der Waals surface area contributed by atoms with Gasteiger partial charge in [0.2, 0.25) is 0 Å². The van der Waals surface area contributed by atoms with Crippen molar-refractivity contribution in [1.82, 2.24) is 0 Å². The van der Waals surface area contributed by atoms with Crippen LogP contribution in [-0.4, -0.2) is 0 Å². The molecule has 0 fully saturated rings. The van der Waals surface area contributed by atoms with Crippen LogP contribution in [-0.2, 0) is 0 Å². The van der Waals surface area contributed by atoms with Gasteiger partial charge in [-0.25, -0.2) is 0 Å². The summed E-state index contributed by atoms with van der Waals surface area (Å²) in [5, 5.41) is 5.80. The van der Waals surface area contributed by atoms with E-state index in [0.717, 1.165) is 43.4 Å². The van der Waals surface area contributed by atoms with Crippen LogP contribution in [0.1, 0.15) is 9.60 Å². The monoisotopic (exact) mass is 477 g/mol. The maximum absolute atomic E-state index is 9.36. The lowest BCUT2D eigenvalue weighted by Crippen LogP contribution is -1.91. The number of rotatable bonds is 2. The second kappa shape index (κ2) is 7.81.